The van der Waals surface area contributed by atoms with Gasteiger partial charge in [0.2, 0.25) is 15.9 Å². The summed E-state index contributed by atoms with van der Waals surface area (Å²) in [4.78, 5) is 39.0. The second kappa shape index (κ2) is 8.83. The highest BCUT2D eigenvalue weighted by Gasteiger charge is 2.49. The molecule has 2 N–H and O–H groups in total. The number of anilines is 1. The number of rotatable bonds is 7. The Hall–Kier alpha value is -3.44. The van der Waals surface area contributed by atoms with E-state index >= 15 is 0 Å². The molecular formula is C22H26N4O6S. The molecule has 2 aromatic carbocycles. The van der Waals surface area contributed by atoms with Gasteiger partial charge in [0.15, 0.2) is 0 Å². The van der Waals surface area contributed by atoms with Crippen LogP contribution in [0.5, 0.6) is 5.75 Å². The number of amides is 4. The third kappa shape index (κ3) is 4.55. The Labute approximate surface area is 192 Å². The van der Waals surface area contributed by atoms with Crippen molar-refractivity contribution in [2.24, 2.45) is 0 Å². The lowest BCUT2D eigenvalue weighted by atomic mass is 9.91. The summed E-state index contributed by atoms with van der Waals surface area (Å²) < 4.78 is 31.1. The molecule has 4 amide bonds. The fourth-order valence-corrected chi connectivity index (χ4v) is 4.34. The first-order valence-corrected chi connectivity index (χ1v) is 11.5. The van der Waals surface area contributed by atoms with Crippen LogP contribution in [0, 0.1) is 6.92 Å². The van der Waals surface area contributed by atoms with Crippen molar-refractivity contribution in [3.63, 3.8) is 0 Å². The first-order chi connectivity index (χ1) is 15.4. The number of sulfonamides is 1. The Morgan fingerprint density at radius 1 is 1.15 bits per heavy atom. The van der Waals surface area contributed by atoms with Crippen LogP contribution in [0.25, 0.3) is 0 Å². The van der Waals surface area contributed by atoms with E-state index in [2.05, 4.69) is 10.6 Å². The van der Waals surface area contributed by atoms with Gasteiger partial charge < -0.3 is 15.4 Å². The normalized spacial score (nSPS) is 18.4. The van der Waals surface area contributed by atoms with E-state index in [9.17, 15) is 22.8 Å². The molecule has 1 unspecified atom stereocenters. The number of urea groups is 1. The van der Waals surface area contributed by atoms with Gasteiger partial charge >= 0.3 is 6.03 Å². The average molecular weight is 475 g/mol. The second-order valence-corrected chi connectivity index (χ2v) is 10.2. The van der Waals surface area contributed by atoms with E-state index in [4.69, 9.17) is 4.74 Å². The summed E-state index contributed by atoms with van der Waals surface area (Å²) in [6, 6.07) is 10.5. The van der Waals surface area contributed by atoms with Crippen LogP contribution in [0.4, 0.5) is 10.5 Å². The van der Waals surface area contributed by atoms with Crippen LogP contribution in [0.15, 0.2) is 47.4 Å². The highest BCUT2D eigenvalue weighted by molar-refractivity contribution is 7.89. The first kappa shape index (κ1) is 24.2. The molecule has 176 valence electrons. The molecule has 1 heterocycles. The molecule has 0 aliphatic carbocycles. The van der Waals surface area contributed by atoms with Crippen molar-refractivity contribution in [2.75, 3.05) is 33.1 Å². The smallest absolute Gasteiger partial charge is 0.325 e. The minimum Gasteiger partial charge on any atom is -0.495 e. The lowest BCUT2D eigenvalue weighted by Crippen LogP contribution is -2.42. The molecule has 11 heteroatoms. The monoisotopic (exact) mass is 474 g/mol. The zero-order valence-electron chi connectivity index (χ0n) is 19.0. The van der Waals surface area contributed by atoms with Gasteiger partial charge in [-0.2, -0.15) is 0 Å². The fraction of sp³-hybridized carbons (Fsp3) is 0.318. The van der Waals surface area contributed by atoms with Crippen molar-refractivity contribution in [1.82, 2.24) is 14.5 Å². The number of nitrogens with one attached hydrogen (secondary N) is 2. The Balaban J connectivity index is 1.81. The molecule has 10 nitrogen and oxygen atoms in total. The Kier molecular flexibility index (Phi) is 6.48. The second-order valence-electron chi connectivity index (χ2n) is 8.01. The average Bonchev–Trinajstić information content (AvgIpc) is 2.97. The highest BCUT2D eigenvalue weighted by Crippen LogP contribution is 2.30. The molecule has 1 fully saturated rings. The molecule has 2 aromatic rings. The maximum Gasteiger partial charge on any atom is 0.325 e. The van der Waals surface area contributed by atoms with Gasteiger partial charge in [0.25, 0.3) is 5.91 Å². The van der Waals surface area contributed by atoms with E-state index in [0.717, 1.165) is 14.8 Å². The minimum absolute atomic E-state index is 0.0504. The molecule has 1 aliphatic rings. The third-order valence-electron chi connectivity index (χ3n) is 5.43. The molecule has 1 atom stereocenters. The largest absolute Gasteiger partial charge is 0.495 e. The number of ether oxygens (including phenoxy) is 1. The number of methoxy groups -OCH3 is 1. The van der Waals surface area contributed by atoms with Crippen molar-refractivity contribution in [1.29, 1.82) is 0 Å². The van der Waals surface area contributed by atoms with Gasteiger partial charge in [-0.15, -0.1) is 0 Å². The molecular weight excluding hydrogens is 448 g/mol. The quantitative estimate of drug-likeness (QED) is 0.588. The van der Waals surface area contributed by atoms with E-state index in [0.29, 0.717) is 5.56 Å². The van der Waals surface area contributed by atoms with Crippen LogP contribution in [0.3, 0.4) is 0 Å². The minimum atomic E-state index is -3.75. The number of imide groups is 1. The SMILES string of the molecule is COc1ccc(S(=O)(=O)N(C)C)cc1NC(=O)CN1C(=O)NC(C)(c2ccc(C)cc2)C1=O. The van der Waals surface area contributed by atoms with Gasteiger partial charge in [0, 0.05) is 14.1 Å². The summed E-state index contributed by atoms with van der Waals surface area (Å²) in [6.07, 6.45) is 0. The number of hydrogen-bond donors (Lipinski definition) is 2. The summed E-state index contributed by atoms with van der Waals surface area (Å²) >= 11 is 0. The molecule has 0 spiro atoms. The standard InChI is InChI=1S/C22H26N4O6S/c1-14-6-8-15(9-7-14)22(2)20(28)26(21(29)24-22)13-19(27)23-17-12-16(10-11-18(17)32-5)33(30,31)25(3)4/h6-12H,13H2,1-5H3,(H,23,27)(H,24,29). The first-order valence-electron chi connectivity index (χ1n) is 10.0. The third-order valence-corrected chi connectivity index (χ3v) is 7.24. The number of benzene rings is 2. The van der Waals surface area contributed by atoms with E-state index in [1.165, 1.54) is 39.4 Å². The van der Waals surface area contributed by atoms with Crippen LogP contribution in [0.1, 0.15) is 18.1 Å². The predicted molar refractivity (Wildman–Crippen MR) is 121 cm³/mol. The summed E-state index contributed by atoms with van der Waals surface area (Å²) in [5, 5.41) is 5.18. The van der Waals surface area contributed by atoms with Gasteiger partial charge in [-0.05, 0) is 37.6 Å². The zero-order valence-corrected chi connectivity index (χ0v) is 19.8. The van der Waals surface area contributed by atoms with Crippen molar-refractivity contribution in [3.05, 3.63) is 53.6 Å². The van der Waals surface area contributed by atoms with Gasteiger partial charge in [-0.3, -0.25) is 14.5 Å². The Morgan fingerprint density at radius 3 is 2.36 bits per heavy atom. The topological polar surface area (TPSA) is 125 Å². The molecule has 0 saturated carbocycles. The maximum absolute atomic E-state index is 13.0. The van der Waals surface area contributed by atoms with Gasteiger partial charge in [-0.25, -0.2) is 17.5 Å². The molecule has 0 bridgehead atoms. The summed E-state index contributed by atoms with van der Waals surface area (Å²) in [7, 11) is 0.398. The maximum atomic E-state index is 13.0. The van der Waals surface area contributed by atoms with Crippen molar-refractivity contribution in [2.45, 2.75) is 24.3 Å². The van der Waals surface area contributed by atoms with Gasteiger partial charge in [0.1, 0.15) is 17.8 Å². The van der Waals surface area contributed by atoms with Gasteiger partial charge in [-0.1, -0.05) is 29.8 Å². The number of nitrogens with zero attached hydrogens (tertiary/aromatic N) is 2. The van der Waals surface area contributed by atoms with Crippen LogP contribution >= 0.6 is 0 Å². The molecule has 0 radical (unpaired) electrons. The van der Waals surface area contributed by atoms with Crippen molar-refractivity contribution < 1.29 is 27.5 Å². The zero-order chi connectivity index (χ0) is 24.6. The van der Waals surface area contributed by atoms with E-state index in [1.807, 2.05) is 19.1 Å². The number of carbonyl (C=O) groups is 3. The molecule has 33 heavy (non-hydrogen) atoms. The van der Waals surface area contributed by atoms with Crippen LogP contribution in [0.2, 0.25) is 0 Å². The van der Waals surface area contributed by atoms with Crippen LogP contribution in [-0.4, -0.2) is 63.2 Å². The predicted octanol–water partition coefficient (Wildman–Crippen LogP) is 1.66. The Morgan fingerprint density at radius 2 is 1.79 bits per heavy atom. The van der Waals surface area contributed by atoms with Crippen molar-refractivity contribution in [3.8, 4) is 5.75 Å². The van der Waals surface area contributed by atoms with Crippen LogP contribution in [-0.2, 0) is 25.2 Å². The number of hydrogen-bond acceptors (Lipinski definition) is 6. The molecule has 1 aliphatic heterocycles. The summed E-state index contributed by atoms with van der Waals surface area (Å²) in [5.74, 6) is -1.03. The summed E-state index contributed by atoms with van der Waals surface area (Å²) in [6.45, 7) is 2.93. The fourth-order valence-electron chi connectivity index (χ4n) is 3.41. The number of carbonyl (C=O) groups excluding carboxylic acids is 3. The molecule has 3 rings (SSSR count). The van der Waals surface area contributed by atoms with E-state index < -0.39 is 40.0 Å². The molecule has 1 saturated heterocycles. The summed E-state index contributed by atoms with van der Waals surface area (Å²) in [5.41, 5.74) is 0.391. The molecule has 0 aromatic heterocycles. The lowest BCUT2D eigenvalue weighted by molar-refractivity contribution is -0.133. The van der Waals surface area contributed by atoms with Gasteiger partial charge in [0.05, 0.1) is 17.7 Å². The lowest BCUT2D eigenvalue weighted by Gasteiger charge is -2.22. The number of aryl methyl sites for hydroxylation is 1. The van der Waals surface area contributed by atoms with Crippen LogP contribution < -0.4 is 15.4 Å². The van der Waals surface area contributed by atoms with Crippen molar-refractivity contribution >= 4 is 33.6 Å². The highest BCUT2D eigenvalue weighted by atomic mass is 32.2. The Bertz CT molecular complexity index is 1210. The van der Waals surface area contributed by atoms with E-state index in [-0.39, 0.29) is 16.3 Å². The van der Waals surface area contributed by atoms with E-state index in [1.54, 1.807) is 19.1 Å².